The van der Waals surface area contributed by atoms with Gasteiger partial charge >= 0.3 is 6.09 Å². The number of nitrogens with zero attached hydrogens (tertiary/aromatic N) is 6. The quantitative estimate of drug-likeness (QED) is 0.0421. The Labute approximate surface area is 450 Å². The van der Waals surface area contributed by atoms with Crippen LogP contribution in [0.1, 0.15) is 111 Å². The molecule has 4 fully saturated rings. The molecule has 0 aliphatic carbocycles. The molecule has 2 bridgehead atoms. The third-order valence-electron chi connectivity index (χ3n) is 16.4. The summed E-state index contributed by atoms with van der Waals surface area (Å²) in [7, 11) is -2.40. The average Bonchev–Trinajstić information content (AvgIpc) is 3.99. The second kappa shape index (κ2) is 20.9. The first-order chi connectivity index (χ1) is 35.8. The highest BCUT2D eigenvalue weighted by Gasteiger charge is 2.49. The Morgan fingerprint density at radius 2 is 1.53 bits per heavy atom. The maximum absolute atomic E-state index is 18.7. The fraction of sp³-hybridized carbons (Fsp3) is 0.443. The number of rotatable bonds is 11. The van der Waals surface area contributed by atoms with Gasteiger partial charge in [-0.05, 0) is 111 Å². The summed E-state index contributed by atoms with van der Waals surface area (Å²) in [6, 6.07) is 28.1. The average molecular weight is 1070 g/mol. The van der Waals surface area contributed by atoms with Crippen LogP contribution in [0.5, 0.6) is 0 Å². The van der Waals surface area contributed by atoms with Crippen molar-refractivity contribution < 1.29 is 22.7 Å². The molecule has 5 heterocycles. The molecule has 1 aromatic heterocycles. The standard InChI is InChI=1S/C61H68ClF3N6O2SSi/c1-37(2)75(38(3)4,39(5)6)28-25-47-51(64)24-21-42-29-44(66-55(40-17-12-10-13-18-40)41-19-14-11-15-20-41)30-48(52(42)47)53-50(62)31-49-56(54(53)65)67-58(74-36-61-26-16-27-70(61)33-43(63)32-61)68-57(49)69-34-45-22-23-46(35-69)71(45)59(72)73-60(7,8)9/h10-15,17-21,24,29-31,37-39,43,45-46H,16,22-23,26-27,32-36H2,1-9H3/t43-,45?,46?,61+/m1/s1. The summed E-state index contributed by atoms with van der Waals surface area (Å²) in [5, 5.41) is 1.93. The molecular formula is C61H68ClF3N6O2SSi. The molecule has 4 aliphatic rings. The molecule has 75 heavy (non-hydrogen) atoms. The van der Waals surface area contributed by atoms with Crippen LogP contribution in [0.25, 0.3) is 32.8 Å². The van der Waals surface area contributed by atoms with Crippen LogP contribution in [-0.4, -0.2) is 101 Å². The number of hydrogen-bond acceptors (Lipinski definition) is 8. The van der Waals surface area contributed by atoms with Crippen molar-refractivity contribution in [2.75, 3.05) is 36.8 Å². The summed E-state index contributed by atoms with van der Waals surface area (Å²) in [4.78, 5) is 35.5. The van der Waals surface area contributed by atoms with E-state index in [9.17, 15) is 4.79 Å². The lowest BCUT2D eigenvalue weighted by atomic mass is 9.92. The van der Waals surface area contributed by atoms with Crippen molar-refractivity contribution in [3.63, 3.8) is 0 Å². The van der Waals surface area contributed by atoms with E-state index >= 15 is 13.2 Å². The number of carbonyl (C=O) groups is 1. The van der Waals surface area contributed by atoms with Crippen LogP contribution in [0.15, 0.2) is 101 Å². The van der Waals surface area contributed by atoms with Gasteiger partial charge in [-0.3, -0.25) is 9.80 Å². The maximum atomic E-state index is 18.7. The van der Waals surface area contributed by atoms with Crippen LogP contribution < -0.4 is 4.90 Å². The first-order valence-corrected chi connectivity index (χ1v) is 30.3. The summed E-state index contributed by atoms with van der Waals surface area (Å²) in [5.74, 6) is 3.30. The zero-order chi connectivity index (χ0) is 53.1. The molecule has 392 valence electrons. The monoisotopic (exact) mass is 1070 g/mol. The highest BCUT2D eigenvalue weighted by atomic mass is 35.5. The van der Waals surface area contributed by atoms with E-state index in [0.29, 0.717) is 75.9 Å². The third kappa shape index (κ3) is 10.1. The van der Waals surface area contributed by atoms with E-state index in [2.05, 4.69) is 62.8 Å². The fourth-order valence-electron chi connectivity index (χ4n) is 13.1. The van der Waals surface area contributed by atoms with E-state index in [1.807, 2.05) is 92.4 Å². The predicted octanol–water partition coefficient (Wildman–Crippen LogP) is 15.4. The molecule has 10 rings (SSSR count). The molecule has 0 radical (unpaired) electrons. The second-order valence-electron chi connectivity index (χ2n) is 23.2. The summed E-state index contributed by atoms with van der Waals surface area (Å²) in [6.45, 7) is 21.1. The van der Waals surface area contributed by atoms with E-state index < -0.39 is 31.5 Å². The summed E-state index contributed by atoms with van der Waals surface area (Å²) < 4.78 is 56.7. The number of halogens is 4. The third-order valence-corrected chi connectivity index (χ3v) is 24.1. The van der Waals surface area contributed by atoms with Crippen LogP contribution in [-0.2, 0) is 4.74 Å². The van der Waals surface area contributed by atoms with Crippen molar-refractivity contribution in [3.05, 3.63) is 124 Å². The first-order valence-electron chi connectivity index (χ1n) is 26.7. The van der Waals surface area contributed by atoms with Crippen LogP contribution in [0, 0.1) is 23.1 Å². The molecule has 1 amide bonds. The number of thioether (sulfide) groups is 1. The van der Waals surface area contributed by atoms with Gasteiger partial charge in [0.25, 0.3) is 0 Å². The molecule has 4 aliphatic heterocycles. The van der Waals surface area contributed by atoms with Gasteiger partial charge in [0.05, 0.1) is 34.1 Å². The minimum atomic E-state index is -2.40. The molecular weight excluding hydrogens is 1000 g/mol. The zero-order valence-corrected chi connectivity index (χ0v) is 47.2. The van der Waals surface area contributed by atoms with Crippen LogP contribution >= 0.6 is 23.4 Å². The van der Waals surface area contributed by atoms with Gasteiger partial charge < -0.3 is 9.64 Å². The number of aliphatic imine (C=N–C) groups is 1. The summed E-state index contributed by atoms with van der Waals surface area (Å²) in [5.41, 5.74) is 7.22. The van der Waals surface area contributed by atoms with E-state index in [-0.39, 0.29) is 62.0 Å². The molecule has 2 unspecified atom stereocenters. The van der Waals surface area contributed by atoms with Crippen molar-refractivity contribution in [1.29, 1.82) is 0 Å². The van der Waals surface area contributed by atoms with Gasteiger partial charge in [-0.25, -0.2) is 32.9 Å². The lowest BCUT2D eigenvalue weighted by Gasteiger charge is -2.42. The zero-order valence-electron chi connectivity index (χ0n) is 44.6. The van der Waals surface area contributed by atoms with Crippen molar-refractivity contribution in [1.82, 2.24) is 19.8 Å². The Kier molecular flexibility index (Phi) is 14.7. The Morgan fingerprint density at radius 3 is 2.15 bits per heavy atom. The number of anilines is 1. The van der Waals surface area contributed by atoms with Crippen molar-refractivity contribution >= 4 is 76.4 Å². The fourth-order valence-corrected chi connectivity index (χ4v) is 19.7. The van der Waals surface area contributed by atoms with E-state index in [1.54, 1.807) is 18.2 Å². The van der Waals surface area contributed by atoms with Crippen molar-refractivity contribution in [3.8, 4) is 22.6 Å². The number of benzene rings is 5. The van der Waals surface area contributed by atoms with Gasteiger partial charge in [-0.1, -0.05) is 138 Å². The molecule has 6 aromatic rings. The van der Waals surface area contributed by atoms with Gasteiger partial charge in [0.15, 0.2) is 11.0 Å². The number of alkyl halides is 1. The SMILES string of the molecule is CC(C)[Si](C#Cc1c(F)ccc2cc(N=C(c3ccccc3)c3ccccc3)cc(-c3c(Cl)cc4c(N5CC6CCC(C5)N6C(=O)OC(C)(C)C)nc(SC[C@@]56CCCN5C[C@H](F)C6)nc4c3F)c12)(C(C)C)C(C)C. The van der Waals surface area contributed by atoms with Crippen LogP contribution in [0.3, 0.4) is 0 Å². The Morgan fingerprint density at radius 1 is 0.893 bits per heavy atom. The molecule has 4 atom stereocenters. The smallest absolute Gasteiger partial charge is 0.410 e. The highest BCUT2D eigenvalue weighted by Crippen LogP contribution is 2.48. The summed E-state index contributed by atoms with van der Waals surface area (Å²) >= 11 is 8.97. The molecule has 14 heteroatoms. The molecule has 0 saturated carbocycles. The lowest BCUT2D eigenvalue weighted by Crippen LogP contribution is -2.57. The second-order valence-corrected chi connectivity index (χ2v) is 30.1. The van der Waals surface area contributed by atoms with Crippen molar-refractivity contribution in [2.24, 2.45) is 4.99 Å². The molecule has 0 N–H and O–H groups in total. The molecule has 4 saturated heterocycles. The van der Waals surface area contributed by atoms with Gasteiger partial charge in [0.1, 0.15) is 37.0 Å². The minimum Gasteiger partial charge on any atom is -0.444 e. The maximum Gasteiger partial charge on any atom is 0.410 e. The molecule has 8 nitrogen and oxygen atoms in total. The van der Waals surface area contributed by atoms with E-state index in [0.717, 1.165) is 43.4 Å². The first kappa shape index (κ1) is 53.0. The predicted molar refractivity (Wildman–Crippen MR) is 304 cm³/mol. The van der Waals surface area contributed by atoms with E-state index in [4.69, 9.17) is 31.3 Å². The molecule has 5 aromatic carbocycles. The summed E-state index contributed by atoms with van der Waals surface area (Å²) in [6.07, 6.45) is 2.59. The van der Waals surface area contributed by atoms with Crippen molar-refractivity contribution in [2.45, 2.75) is 146 Å². The highest BCUT2D eigenvalue weighted by molar-refractivity contribution is 7.99. The normalized spacial score (nSPS) is 20.9. The number of carbonyl (C=O) groups excluding carboxylic acids is 1. The largest absolute Gasteiger partial charge is 0.444 e. The van der Waals surface area contributed by atoms with Crippen LogP contribution in [0.2, 0.25) is 21.6 Å². The van der Waals surface area contributed by atoms with Gasteiger partial charge in [-0.15, -0.1) is 5.54 Å². The Balaban J connectivity index is 1.20. The van der Waals surface area contributed by atoms with Gasteiger partial charge in [0, 0.05) is 58.4 Å². The lowest BCUT2D eigenvalue weighted by molar-refractivity contribution is 0.0122. The topological polar surface area (TPSA) is 74.2 Å². The number of ether oxygens (including phenoxy) is 1. The number of hydrogen-bond donors (Lipinski definition) is 0. The Hall–Kier alpha value is -5.39. The van der Waals surface area contributed by atoms with E-state index in [1.165, 1.54) is 17.8 Å². The van der Waals surface area contributed by atoms with Gasteiger partial charge in [0.2, 0.25) is 0 Å². The number of fused-ring (bicyclic) bond motifs is 5. The molecule has 0 spiro atoms. The minimum absolute atomic E-state index is 0.0490. The number of piperazine rings is 1. The Bertz CT molecular complexity index is 3170. The number of amides is 1. The number of aromatic nitrogens is 2. The van der Waals surface area contributed by atoms with Crippen LogP contribution in [0.4, 0.5) is 29.5 Å². The van der Waals surface area contributed by atoms with Gasteiger partial charge in [-0.2, -0.15) is 0 Å².